The maximum Gasteiger partial charge on any atom is 0.242 e. The number of sulfonamides is 1. The van der Waals surface area contributed by atoms with Crippen LogP contribution in [0.2, 0.25) is 5.02 Å². The zero-order valence-electron chi connectivity index (χ0n) is 19.3. The molecule has 180 valence electrons. The summed E-state index contributed by atoms with van der Waals surface area (Å²) >= 11 is 6.29. The van der Waals surface area contributed by atoms with Crippen LogP contribution in [0.5, 0.6) is 0 Å². The Labute approximate surface area is 201 Å². The highest BCUT2D eigenvalue weighted by molar-refractivity contribution is 7.92. The number of benzene rings is 2. The van der Waals surface area contributed by atoms with Gasteiger partial charge in [0.1, 0.15) is 6.04 Å². The van der Waals surface area contributed by atoms with Gasteiger partial charge >= 0.3 is 0 Å². The van der Waals surface area contributed by atoms with Crippen LogP contribution in [0.1, 0.15) is 38.7 Å². The Morgan fingerprint density at radius 2 is 1.70 bits per heavy atom. The second-order valence-electron chi connectivity index (χ2n) is 7.85. The van der Waals surface area contributed by atoms with Gasteiger partial charge in [0.05, 0.1) is 11.9 Å². The van der Waals surface area contributed by atoms with E-state index in [1.165, 1.54) is 9.21 Å². The molecule has 0 aliphatic rings. The van der Waals surface area contributed by atoms with Crippen LogP contribution in [0, 0.1) is 0 Å². The summed E-state index contributed by atoms with van der Waals surface area (Å²) in [6.45, 7) is 4.51. The normalized spacial score (nSPS) is 12.1. The minimum Gasteiger partial charge on any atom is -0.354 e. The number of hydrogen-bond acceptors (Lipinski definition) is 4. The summed E-state index contributed by atoms with van der Waals surface area (Å²) in [5.41, 5.74) is 1.29. The summed E-state index contributed by atoms with van der Waals surface area (Å²) in [5, 5.41) is 3.35. The predicted octanol–water partition coefficient (Wildman–Crippen LogP) is 3.83. The van der Waals surface area contributed by atoms with E-state index in [1.54, 1.807) is 43.3 Å². The highest BCUT2D eigenvalue weighted by Gasteiger charge is 2.27. The van der Waals surface area contributed by atoms with E-state index in [0.717, 1.165) is 18.2 Å². The second kappa shape index (κ2) is 12.6. The zero-order valence-corrected chi connectivity index (χ0v) is 20.9. The van der Waals surface area contributed by atoms with Crippen LogP contribution in [0.4, 0.5) is 5.69 Å². The van der Waals surface area contributed by atoms with Gasteiger partial charge in [-0.15, -0.1) is 0 Å². The molecule has 0 aromatic heterocycles. The fourth-order valence-electron chi connectivity index (χ4n) is 3.39. The fourth-order valence-corrected chi connectivity index (χ4v) is 4.55. The summed E-state index contributed by atoms with van der Waals surface area (Å²) in [6, 6.07) is 15.3. The van der Waals surface area contributed by atoms with Gasteiger partial charge in [-0.1, -0.05) is 54.9 Å². The van der Waals surface area contributed by atoms with Crippen LogP contribution >= 0.6 is 11.6 Å². The van der Waals surface area contributed by atoms with Gasteiger partial charge in [-0.05, 0) is 43.5 Å². The first-order valence-corrected chi connectivity index (χ1v) is 13.2. The van der Waals surface area contributed by atoms with Crippen molar-refractivity contribution >= 4 is 39.1 Å². The molecule has 0 saturated carbocycles. The molecule has 2 aromatic rings. The number of carbonyl (C=O) groups excluding carboxylic acids is 2. The monoisotopic (exact) mass is 493 g/mol. The van der Waals surface area contributed by atoms with Crippen LogP contribution in [-0.4, -0.2) is 50.5 Å². The predicted molar refractivity (Wildman–Crippen MR) is 133 cm³/mol. The lowest BCUT2D eigenvalue weighted by Gasteiger charge is -2.29. The molecule has 1 atom stereocenters. The van der Waals surface area contributed by atoms with Crippen molar-refractivity contribution in [1.82, 2.24) is 10.2 Å². The average molecular weight is 494 g/mol. The number of nitrogens with zero attached hydrogens (tertiary/aromatic N) is 2. The summed E-state index contributed by atoms with van der Waals surface area (Å²) in [6.07, 6.45) is 2.33. The van der Waals surface area contributed by atoms with E-state index >= 15 is 0 Å². The second-order valence-corrected chi connectivity index (χ2v) is 10.2. The van der Waals surface area contributed by atoms with Gasteiger partial charge in [-0.2, -0.15) is 0 Å². The van der Waals surface area contributed by atoms with Crippen molar-refractivity contribution in [2.24, 2.45) is 0 Å². The smallest absolute Gasteiger partial charge is 0.242 e. The Morgan fingerprint density at radius 3 is 2.30 bits per heavy atom. The number of hydrogen-bond donors (Lipinski definition) is 1. The number of nitrogens with one attached hydrogen (secondary N) is 1. The van der Waals surface area contributed by atoms with Gasteiger partial charge in [0, 0.05) is 31.1 Å². The maximum absolute atomic E-state index is 13.2. The molecule has 9 heteroatoms. The highest BCUT2D eigenvalue weighted by atomic mass is 35.5. The molecule has 2 aromatic carbocycles. The molecule has 0 aliphatic heterocycles. The van der Waals surface area contributed by atoms with Crippen molar-refractivity contribution in [2.45, 2.75) is 45.7 Å². The molecule has 0 unspecified atom stereocenters. The molecule has 1 N–H and O–H groups in total. The van der Waals surface area contributed by atoms with Crippen LogP contribution in [0.15, 0.2) is 54.6 Å². The first kappa shape index (κ1) is 26.7. The van der Waals surface area contributed by atoms with E-state index in [1.807, 2.05) is 25.1 Å². The third kappa shape index (κ3) is 8.05. The number of carbonyl (C=O) groups is 2. The molecule has 33 heavy (non-hydrogen) atoms. The molecule has 0 saturated heterocycles. The van der Waals surface area contributed by atoms with E-state index in [9.17, 15) is 18.0 Å². The summed E-state index contributed by atoms with van der Waals surface area (Å²) in [4.78, 5) is 27.3. The van der Waals surface area contributed by atoms with Crippen LogP contribution in [-0.2, 0) is 26.2 Å². The third-order valence-electron chi connectivity index (χ3n) is 5.21. The Hall–Kier alpha value is -2.58. The molecule has 2 amide bonds. The minimum absolute atomic E-state index is 0.0920. The molecular weight excluding hydrogens is 462 g/mol. The molecule has 0 spiro atoms. The standard InChI is InChI=1S/C24H32ClN3O4S/c1-4-16-26-24(30)19(2)27(18-20-11-8-9-14-22(20)25)23(29)15-10-17-28(33(3,31)32)21-12-6-5-7-13-21/h5-9,11-14,19H,4,10,15-18H2,1-3H3,(H,26,30)/t19-/m0/s1. The topological polar surface area (TPSA) is 86.8 Å². The van der Waals surface area contributed by atoms with Gasteiger partial charge in [-0.25, -0.2) is 8.42 Å². The SMILES string of the molecule is CCCNC(=O)[C@H](C)N(Cc1ccccc1Cl)C(=O)CCCN(c1ccccc1)S(C)(=O)=O. The number of amides is 2. The maximum atomic E-state index is 13.2. The van der Waals surface area contributed by atoms with Crippen molar-refractivity contribution < 1.29 is 18.0 Å². The molecule has 0 fully saturated rings. The Kier molecular flexibility index (Phi) is 10.2. The minimum atomic E-state index is -3.50. The summed E-state index contributed by atoms with van der Waals surface area (Å²) < 4.78 is 25.8. The van der Waals surface area contributed by atoms with E-state index in [0.29, 0.717) is 23.7 Å². The lowest BCUT2D eigenvalue weighted by Crippen LogP contribution is -2.47. The summed E-state index contributed by atoms with van der Waals surface area (Å²) in [7, 11) is -3.50. The first-order chi connectivity index (χ1) is 15.6. The van der Waals surface area contributed by atoms with Gasteiger partial charge in [-0.3, -0.25) is 13.9 Å². The summed E-state index contributed by atoms with van der Waals surface area (Å²) in [5.74, 6) is -0.477. The molecule has 2 rings (SSSR count). The van der Waals surface area contributed by atoms with Crippen molar-refractivity contribution in [3.8, 4) is 0 Å². The largest absolute Gasteiger partial charge is 0.354 e. The number of rotatable bonds is 12. The number of anilines is 1. The van der Waals surface area contributed by atoms with Gasteiger partial charge < -0.3 is 10.2 Å². The molecule has 7 nitrogen and oxygen atoms in total. The third-order valence-corrected chi connectivity index (χ3v) is 6.77. The van der Waals surface area contributed by atoms with Gasteiger partial charge in [0.15, 0.2) is 0 Å². The molecule has 0 aliphatic carbocycles. The van der Waals surface area contributed by atoms with E-state index in [-0.39, 0.29) is 31.3 Å². The highest BCUT2D eigenvalue weighted by Crippen LogP contribution is 2.21. The van der Waals surface area contributed by atoms with Gasteiger partial charge in [0.2, 0.25) is 21.8 Å². The van der Waals surface area contributed by atoms with Crippen LogP contribution in [0.25, 0.3) is 0 Å². The van der Waals surface area contributed by atoms with Crippen LogP contribution < -0.4 is 9.62 Å². The Morgan fingerprint density at radius 1 is 1.06 bits per heavy atom. The Balaban J connectivity index is 2.14. The zero-order chi connectivity index (χ0) is 24.4. The fraction of sp³-hybridized carbons (Fsp3) is 0.417. The van der Waals surface area contributed by atoms with E-state index in [2.05, 4.69) is 5.32 Å². The van der Waals surface area contributed by atoms with E-state index < -0.39 is 16.1 Å². The Bertz CT molecular complexity index is 1030. The number of para-hydroxylation sites is 1. The van der Waals surface area contributed by atoms with Crippen LogP contribution in [0.3, 0.4) is 0 Å². The molecule has 0 heterocycles. The van der Waals surface area contributed by atoms with Crippen molar-refractivity contribution in [1.29, 1.82) is 0 Å². The van der Waals surface area contributed by atoms with Crippen molar-refractivity contribution in [3.63, 3.8) is 0 Å². The molecule has 0 radical (unpaired) electrons. The van der Waals surface area contributed by atoms with Crippen molar-refractivity contribution in [2.75, 3.05) is 23.7 Å². The van der Waals surface area contributed by atoms with Crippen molar-refractivity contribution in [3.05, 3.63) is 65.2 Å². The lowest BCUT2D eigenvalue weighted by molar-refractivity contribution is -0.140. The first-order valence-electron chi connectivity index (χ1n) is 11.0. The molecular formula is C24H32ClN3O4S. The van der Waals surface area contributed by atoms with Gasteiger partial charge in [0.25, 0.3) is 0 Å². The van der Waals surface area contributed by atoms with E-state index in [4.69, 9.17) is 11.6 Å². The lowest BCUT2D eigenvalue weighted by atomic mass is 10.1. The average Bonchev–Trinajstić information content (AvgIpc) is 2.78. The number of halogens is 1. The molecule has 0 bridgehead atoms. The quantitative estimate of drug-likeness (QED) is 0.486.